The fraction of sp³-hybridized carbons (Fsp3) is 0.667. The molecule has 0 aromatic carbocycles. The number of pyridine rings is 1. The zero-order valence-electron chi connectivity index (χ0n) is 17.5. The number of hydrogen-bond donors (Lipinski definition) is 2. The molecular formula is C21H33FN6O. The fourth-order valence-corrected chi connectivity index (χ4v) is 4.03. The van der Waals surface area contributed by atoms with Crippen molar-refractivity contribution in [1.29, 1.82) is 0 Å². The Bertz CT molecular complexity index is 712. The van der Waals surface area contributed by atoms with Gasteiger partial charge in [0.2, 0.25) is 5.91 Å². The summed E-state index contributed by atoms with van der Waals surface area (Å²) in [6.07, 6.45) is 5.22. The van der Waals surface area contributed by atoms with Gasteiger partial charge >= 0.3 is 0 Å². The van der Waals surface area contributed by atoms with Crippen LogP contribution in [0.5, 0.6) is 0 Å². The molecule has 29 heavy (non-hydrogen) atoms. The quantitative estimate of drug-likeness (QED) is 0.561. The summed E-state index contributed by atoms with van der Waals surface area (Å²) in [6.45, 7) is 8.57. The van der Waals surface area contributed by atoms with Crippen LogP contribution in [0.15, 0.2) is 23.3 Å². The first kappa shape index (κ1) is 21.3. The predicted molar refractivity (Wildman–Crippen MR) is 114 cm³/mol. The van der Waals surface area contributed by atoms with Crippen LogP contribution in [-0.4, -0.2) is 67.1 Å². The average molecular weight is 405 g/mol. The molecule has 1 aromatic rings. The summed E-state index contributed by atoms with van der Waals surface area (Å²) < 4.78 is 14.0. The minimum Gasteiger partial charge on any atom is -0.357 e. The van der Waals surface area contributed by atoms with Crippen molar-refractivity contribution in [3.05, 3.63) is 24.1 Å². The number of amides is 1. The van der Waals surface area contributed by atoms with E-state index in [1.165, 1.54) is 12.5 Å². The number of aliphatic imine (C=N–C) groups is 1. The number of guanidine groups is 1. The van der Waals surface area contributed by atoms with Crippen molar-refractivity contribution in [2.75, 3.05) is 44.2 Å². The molecule has 0 radical (unpaired) electrons. The molecule has 1 aromatic heterocycles. The van der Waals surface area contributed by atoms with Crippen LogP contribution < -0.4 is 15.5 Å². The first-order chi connectivity index (χ1) is 14.1. The molecule has 3 heterocycles. The standard InChI is InChI=1S/C21H33FN6O/c1-3-23-21(25-11-8-19(29)27-12-5-6-16(2)14-27)26-17-9-13-28(15-17)20-18(22)7-4-10-24-20/h4,7,10,16-17H,3,5-6,8-9,11-15H2,1-2H3,(H2,23,25,26). The number of nitrogens with one attached hydrogen (secondary N) is 2. The highest BCUT2D eigenvalue weighted by Crippen LogP contribution is 2.20. The number of carbonyl (C=O) groups excluding carboxylic acids is 1. The van der Waals surface area contributed by atoms with Gasteiger partial charge in [-0.15, -0.1) is 0 Å². The van der Waals surface area contributed by atoms with Gasteiger partial charge in [-0.3, -0.25) is 9.79 Å². The molecular weight excluding hydrogens is 371 g/mol. The van der Waals surface area contributed by atoms with Crippen molar-refractivity contribution in [1.82, 2.24) is 20.5 Å². The summed E-state index contributed by atoms with van der Waals surface area (Å²) >= 11 is 0. The lowest BCUT2D eigenvalue weighted by Crippen LogP contribution is -2.45. The van der Waals surface area contributed by atoms with Crippen LogP contribution in [0.4, 0.5) is 10.2 Å². The molecule has 2 saturated heterocycles. The van der Waals surface area contributed by atoms with Gasteiger partial charge in [-0.2, -0.15) is 0 Å². The lowest BCUT2D eigenvalue weighted by molar-refractivity contribution is -0.132. The second-order valence-corrected chi connectivity index (χ2v) is 7.98. The molecule has 2 aliphatic rings. The Balaban J connectivity index is 1.49. The van der Waals surface area contributed by atoms with E-state index in [1.54, 1.807) is 12.3 Å². The van der Waals surface area contributed by atoms with E-state index >= 15 is 0 Å². The fourth-order valence-electron chi connectivity index (χ4n) is 4.03. The largest absolute Gasteiger partial charge is 0.357 e. The number of aromatic nitrogens is 1. The Kier molecular flexibility index (Phi) is 7.66. The molecule has 0 saturated carbocycles. The van der Waals surface area contributed by atoms with Crippen molar-refractivity contribution in [2.24, 2.45) is 10.9 Å². The van der Waals surface area contributed by atoms with Gasteiger partial charge in [0.1, 0.15) is 0 Å². The maximum atomic E-state index is 14.0. The van der Waals surface area contributed by atoms with Gasteiger partial charge in [-0.1, -0.05) is 6.92 Å². The van der Waals surface area contributed by atoms with Crippen molar-refractivity contribution in [3.8, 4) is 0 Å². The zero-order valence-corrected chi connectivity index (χ0v) is 17.5. The number of likely N-dealkylation sites (tertiary alicyclic amines) is 1. The molecule has 0 aliphatic carbocycles. The number of carbonyl (C=O) groups is 1. The van der Waals surface area contributed by atoms with Crippen LogP contribution in [0.1, 0.15) is 39.5 Å². The van der Waals surface area contributed by atoms with Crippen molar-refractivity contribution in [3.63, 3.8) is 0 Å². The van der Waals surface area contributed by atoms with Gasteiger partial charge in [0.15, 0.2) is 17.6 Å². The molecule has 1 amide bonds. The lowest BCUT2D eigenvalue weighted by atomic mass is 10.00. The molecule has 2 aliphatic heterocycles. The van der Waals surface area contributed by atoms with Crippen LogP contribution in [0.2, 0.25) is 0 Å². The number of piperidine rings is 1. The highest BCUT2D eigenvalue weighted by atomic mass is 19.1. The molecule has 7 nitrogen and oxygen atoms in total. The third-order valence-electron chi connectivity index (χ3n) is 5.52. The van der Waals surface area contributed by atoms with Crippen molar-refractivity contribution in [2.45, 2.75) is 45.6 Å². The van der Waals surface area contributed by atoms with Gasteiger partial charge in [-0.05, 0) is 44.2 Å². The van der Waals surface area contributed by atoms with E-state index in [2.05, 4.69) is 27.5 Å². The molecule has 160 valence electrons. The lowest BCUT2D eigenvalue weighted by Gasteiger charge is -2.30. The van der Waals surface area contributed by atoms with Gasteiger partial charge < -0.3 is 20.4 Å². The summed E-state index contributed by atoms with van der Waals surface area (Å²) in [7, 11) is 0. The monoisotopic (exact) mass is 404 g/mol. The third kappa shape index (κ3) is 6.05. The van der Waals surface area contributed by atoms with E-state index in [0.29, 0.717) is 37.2 Å². The van der Waals surface area contributed by atoms with E-state index in [-0.39, 0.29) is 17.8 Å². The molecule has 3 rings (SSSR count). The highest BCUT2D eigenvalue weighted by molar-refractivity contribution is 5.81. The Morgan fingerprint density at radius 2 is 2.21 bits per heavy atom. The van der Waals surface area contributed by atoms with E-state index in [9.17, 15) is 9.18 Å². The third-order valence-corrected chi connectivity index (χ3v) is 5.52. The Morgan fingerprint density at radius 3 is 2.97 bits per heavy atom. The van der Waals surface area contributed by atoms with Crippen LogP contribution >= 0.6 is 0 Å². The van der Waals surface area contributed by atoms with Crippen molar-refractivity contribution >= 4 is 17.7 Å². The second kappa shape index (κ2) is 10.4. The summed E-state index contributed by atoms with van der Waals surface area (Å²) in [6, 6.07) is 3.20. The number of halogens is 1. The molecule has 8 heteroatoms. The number of hydrogen-bond acceptors (Lipinski definition) is 4. The molecule has 2 atom stereocenters. The van der Waals surface area contributed by atoms with Gasteiger partial charge in [-0.25, -0.2) is 9.37 Å². The first-order valence-corrected chi connectivity index (χ1v) is 10.7. The SMILES string of the molecule is CCNC(=NCCC(=O)N1CCCC(C)C1)NC1CCN(c2ncccc2F)C1. The topological polar surface area (TPSA) is 72.9 Å². The molecule has 2 unspecified atom stereocenters. The molecule has 0 spiro atoms. The average Bonchev–Trinajstić information content (AvgIpc) is 3.16. The summed E-state index contributed by atoms with van der Waals surface area (Å²) in [5.74, 6) is 1.60. The van der Waals surface area contributed by atoms with Crippen LogP contribution in [0, 0.1) is 11.7 Å². The molecule has 0 bridgehead atoms. The zero-order chi connectivity index (χ0) is 20.6. The van der Waals surface area contributed by atoms with Crippen LogP contribution in [-0.2, 0) is 4.79 Å². The van der Waals surface area contributed by atoms with Crippen LogP contribution in [0.25, 0.3) is 0 Å². The van der Waals surface area contributed by atoms with Crippen LogP contribution in [0.3, 0.4) is 0 Å². The van der Waals surface area contributed by atoms with E-state index in [4.69, 9.17) is 0 Å². The van der Waals surface area contributed by atoms with E-state index in [1.807, 2.05) is 16.7 Å². The van der Waals surface area contributed by atoms with Gasteiger partial charge in [0, 0.05) is 51.4 Å². The first-order valence-electron chi connectivity index (χ1n) is 10.7. The second-order valence-electron chi connectivity index (χ2n) is 7.98. The maximum absolute atomic E-state index is 14.0. The summed E-state index contributed by atoms with van der Waals surface area (Å²) in [5.41, 5.74) is 0. The highest BCUT2D eigenvalue weighted by Gasteiger charge is 2.26. The maximum Gasteiger partial charge on any atom is 0.224 e. The minimum absolute atomic E-state index is 0.160. The number of nitrogens with zero attached hydrogens (tertiary/aromatic N) is 4. The summed E-state index contributed by atoms with van der Waals surface area (Å²) in [5, 5.41) is 6.66. The normalized spacial score (nSPS) is 22.7. The molecule has 2 fully saturated rings. The minimum atomic E-state index is -0.292. The number of rotatable bonds is 6. The van der Waals surface area contributed by atoms with Gasteiger partial charge in [0.05, 0.1) is 6.54 Å². The molecule has 2 N–H and O–H groups in total. The Morgan fingerprint density at radius 1 is 1.34 bits per heavy atom. The van der Waals surface area contributed by atoms with E-state index < -0.39 is 0 Å². The van der Waals surface area contributed by atoms with Crippen molar-refractivity contribution < 1.29 is 9.18 Å². The Labute approximate surface area is 172 Å². The number of anilines is 1. The summed E-state index contributed by atoms with van der Waals surface area (Å²) in [4.78, 5) is 25.1. The van der Waals surface area contributed by atoms with Gasteiger partial charge in [0.25, 0.3) is 0 Å². The predicted octanol–water partition coefficient (Wildman–Crippen LogP) is 2.00. The smallest absolute Gasteiger partial charge is 0.224 e. The van der Waals surface area contributed by atoms with E-state index in [0.717, 1.165) is 39.0 Å². The Hall–Kier alpha value is -2.38.